The molecule has 18 heavy (non-hydrogen) atoms. The van der Waals surface area contributed by atoms with Gasteiger partial charge in [0.2, 0.25) is 0 Å². The Kier molecular flexibility index (Phi) is 2.74. The van der Waals surface area contributed by atoms with E-state index in [1.54, 1.807) is 12.3 Å². The third-order valence-corrected chi connectivity index (χ3v) is 3.60. The summed E-state index contributed by atoms with van der Waals surface area (Å²) in [7, 11) is 0. The number of hydrogen-bond donors (Lipinski definition) is 1. The number of nitrogens with zero attached hydrogens (tertiary/aromatic N) is 4. The van der Waals surface area contributed by atoms with E-state index in [1.165, 1.54) is 25.7 Å². The van der Waals surface area contributed by atoms with Gasteiger partial charge in [-0.15, -0.1) is 10.2 Å². The van der Waals surface area contributed by atoms with Gasteiger partial charge in [-0.05, 0) is 31.9 Å². The van der Waals surface area contributed by atoms with Gasteiger partial charge in [-0.1, -0.05) is 12.8 Å². The van der Waals surface area contributed by atoms with Gasteiger partial charge >= 0.3 is 0 Å². The third kappa shape index (κ3) is 1.85. The molecule has 1 saturated carbocycles. The van der Waals surface area contributed by atoms with Crippen LogP contribution in [0.2, 0.25) is 0 Å². The number of aryl methyl sites for hydroxylation is 1. The Morgan fingerprint density at radius 1 is 1.22 bits per heavy atom. The van der Waals surface area contributed by atoms with Crippen molar-refractivity contribution in [2.24, 2.45) is 0 Å². The molecule has 94 valence electrons. The van der Waals surface area contributed by atoms with E-state index in [1.807, 2.05) is 13.0 Å². The van der Waals surface area contributed by atoms with Crippen molar-refractivity contribution in [3.8, 4) is 11.4 Å². The van der Waals surface area contributed by atoms with Crippen LogP contribution >= 0.6 is 0 Å². The van der Waals surface area contributed by atoms with Gasteiger partial charge in [0, 0.05) is 17.8 Å². The van der Waals surface area contributed by atoms with Gasteiger partial charge in [0.1, 0.15) is 11.6 Å². The molecule has 0 atom stereocenters. The van der Waals surface area contributed by atoms with Crippen LogP contribution in [0.1, 0.15) is 37.5 Å². The first-order valence-electron chi connectivity index (χ1n) is 6.39. The monoisotopic (exact) mass is 243 g/mol. The SMILES string of the molecule is Cc1nnc(-c2ccc(N)nc2)n1C1CCCC1. The molecule has 2 aromatic rings. The molecular formula is C13H17N5. The summed E-state index contributed by atoms with van der Waals surface area (Å²) in [4.78, 5) is 4.13. The van der Waals surface area contributed by atoms with Crippen LogP contribution in [-0.2, 0) is 0 Å². The number of hydrogen-bond acceptors (Lipinski definition) is 4. The van der Waals surface area contributed by atoms with Gasteiger partial charge in [0.05, 0.1) is 0 Å². The number of pyridine rings is 1. The largest absolute Gasteiger partial charge is 0.384 e. The minimum atomic E-state index is 0.530. The van der Waals surface area contributed by atoms with Crippen molar-refractivity contribution in [3.05, 3.63) is 24.2 Å². The minimum Gasteiger partial charge on any atom is -0.384 e. The molecule has 0 radical (unpaired) electrons. The molecule has 3 rings (SSSR count). The minimum absolute atomic E-state index is 0.530. The maximum absolute atomic E-state index is 5.62. The molecule has 5 nitrogen and oxygen atoms in total. The highest BCUT2D eigenvalue weighted by Crippen LogP contribution is 2.33. The molecule has 0 aromatic carbocycles. The number of aromatic nitrogens is 4. The second-order valence-corrected chi connectivity index (χ2v) is 4.85. The molecule has 0 amide bonds. The highest BCUT2D eigenvalue weighted by atomic mass is 15.3. The van der Waals surface area contributed by atoms with E-state index >= 15 is 0 Å². The number of nitrogen functional groups attached to an aromatic ring is 1. The molecule has 0 unspecified atom stereocenters. The predicted octanol–water partition coefficient (Wildman–Crippen LogP) is 2.35. The van der Waals surface area contributed by atoms with Gasteiger partial charge in [0.15, 0.2) is 5.82 Å². The number of rotatable bonds is 2. The zero-order valence-electron chi connectivity index (χ0n) is 10.5. The van der Waals surface area contributed by atoms with E-state index in [2.05, 4.69) is 19.7 Å². The Balaban J connectivity index is 2.04. The summed E-state index contributed by atoms with van der Waals surface area (Å²) in [6.07, 6.45) is 6.79. The average Bonchev–Trinajstić information content (AvgIpc) is 2.99. The van der Waals surface area contributed by atoms with Crippen LogP contribution in [-0.4, -0.2) is 19.7 Å². The van der Waals surface area contributed by atoms with Crippen LogP contribution in [0, 0.1) is 6.92 Å². The molecule has 1 aliphatic rings. The molecule has 2 N–H and O–H groups in total. The van der Waals surface area contributed by atoms with Crippen LogP contribution in [0.5, 0.6) is 0 Å². The second kappa shape index (κ2) is 4.40. The molecule has 1 aliphatic carbocycles. The van der Waals surface area contributed by atoms with Crippen molar-refractivity contribution in [2.75, 3.05) is 5.73 Å². The van der Waals surface area contributed by atoms with E-state index in [0.29, 0.717) is 11.9 Å². The Morgan fingerprint density at radius 2 is 2.00 bits per heavy atom. The maximum atomic E-state index is 5.62. The first kappa shape index (κ1) is 11.2. The highest BCUT2D eigenvalue weighted by molar-refractivity contribution is 5.56. The summed E-state index contributed by atoms with van der Waals surface area (Å²) >= 11 is 0. The molecule has 1 fully saturated rings. The predicted molar refractivity (Wildman–Crippen MR) is 69.9 cm³/mol. The first-order valence-corrected chi connectivity index (χ1v) is 6.39. The maximum Gasteiger partial charge on any atom is 0.165 e. The van der Waals surface area contributed by atoms with Crippen LogP contribution in [0.25, 0.3) is 11.4 Å². The van der Waals surface area contributed by atoms with Crippen molar-refractivity contribution < 1.29 is 0 Å². The lowest BCUT2D eigenvalue weighted by Gasteiger charge is -2.15. The summed E-state index contributed by atoms with van der Waals surface area (Å²) in [6.45, 7) is 2.01. The normalized spacial score (nSPS) is 16.3. The van der Waals surface area contributed by atoms with Crippen LogP contribution < -0.4 is 5.73 Å². The van der Waals surface area contributed by atoms with E-state index in [4.69, 9.17) is 5.73 Å². The van der Waals surface area contributed by atoms with Crippen LogP contribution in [0.15, 0.2) is 18.3 Å². The Bertz CT molecular complexity index is 537. The van der Waals surface area contributed by atoms with Gasteiger partial charge < -0.3 is 10.3 Å². The van der Waals surface area contributed by atoms with Crippen molar-refractivity contribution in [3.63, 3.8) is 0 Å². The van der Waals surface area contributed by atoms with E-state index in [0.717, 1.165) is 17.2 Å². The summed E-state index contributed by atoms with van der Waals surface area (Å²) in [6, 6.07) is 4.29. The molecular weight excluding hydrogens is 226 g/mol. The van der Waals surface area contributed by atoms with Crippen molar-refractivity contribution in [1.29, 1.82) is 0 Å². The van der Waals surface area contributed by atoms with Crippen molar-refractivity contribution in [2.45, 2.75) is 38.6 Å². The lowest BCUT2D eigenvalue weighted by molar-refractivity contribution is 0.510. The summed E-state index contributed by atoms with van der Waals surface area (Å²) in [5, 5.41) is 8.51. The summed E-state index contributed by atoms with van der Waals surface area (Å²) in [5.41, 5.74) is 6.60. The summed E-state index contributed by atoms with van der Waals surface area (Å²) < 4.78 is 2.25. The Morgan fingerprint density at radius 3 is 2.67 bits per heavy atom. The van der Waals surface area contributed by atoms with Gasteiger partial charge in [0.25, 0.3) is 0 Å². The first-order chi connectivity index (χ1) is 8.75. The topological polar surface area (TPSA) is 69.6 Å². The number of nitrogens with two attached hydrogens (primary N) is 1. The zero-order chi connectivity index (χ0) is 12.5. The quantitative estimate of drug-likeness (QED) is 0.879. The van der Waals surface area contributed by atoms with Crippen molar-refractivity contribution >= 4 is 5.82 Å². The molecule has 0 aliphatic heterocycles. The van der Waals surface area contributed by atoms with Crippen molar-refractivity contribution in [1.82, 2.24) is 19.7 Å². The molecule has 0 spiro atoms. The summed E-state index contributed by atoms with van der Waals surface area (Å²) in [5.74, 6) is 2.42. The van der Waals surface area contributed by atoms with Crippen LogP contribution in [0.4, 0.5) is 5.82 Å². The fraction of sp³-hybridized carbons (Fsp3) is 0.462. The average molecular weight is 243 g/mol. The smallest absolute Gasteiger partial charge is 0.165 e. The zero-order valence-corrected chi connectivity index (χ0v) is 10.5. The fourth-order valence-corrected chi connectivity index (χ4v) is 2.70. The Hall–Kier alpha value is -1.91. The van der Waals surface area contributed by atoms with Gasteiger partial charge in [-0.3, -0.25) is 0 Å². The van der Waals surface area contributed by atoms with Gasteiger partial charge in [-0.2, -0.15) is 0 Å². The lowest BCUT2D eigenvalue weighted by atomic mass is 10.2. The lowest BCUT2D eigenvalue weighted by Crippen LogP contribution is -2.08. The van der Waals surface area contributed by atoms with E-state index in [-0.39, 0.29) is 0 Å². The molecule has 5 heteroatoms. The third-order valence-electron chi connectivity index (χ3n) is 3.60. The second-order valence-electron chi connectivity index (χ2n) is 4.85. The van der Waals surface area contributed by atoms with Gasteiger partial charge in [-0.25, -0.2) is 4.98 Å². The molecule has 2 heterocycles. The fourth-order valence-electron chi connectivity index (χ4n) is 2.70. The Labute approximate surface area is 106 Å². The number of anilines is 1. The standard InChI is InChI=1S/C13H17N5/c1-9-16-17-13(10-6-7-12(14)15-8-10)18(9)11-4-2-3-5-11/h6-8,11H,2-5H2,1H3,(H2,14,15). The molecule has 0 bridgehead atoms. The molecule has 0 saturated heterocycles. The molecule has 2 aromatic heterocycles. The highest BCUT2D eigenvalue weighted by Gasteiger charge is 2.22. The van der Waals surface area contributed by atoms with E-state index < -0.39 is 0 Å². The van der Waals surface area contributed by atoms with Crippen LogP contribution in [0.3, 0.4) is 0 Å². The van der Waals surface area contributed by atoms with E-state index in [9.17, 15) is 0 Å².